The zero-order valence-corrected chi connectivity index (χ0v) is 12.7. The van der Waals surface area contributed by atoms with E-state index < -0.39 is 0 Å². The minimum Gasteiger partial charge on any atom is -0.338 e. The van der Waals surface area contributed by atoms with Crippen LogP contribution < -0.4 is 0 Å². The van der Waals surface area contributed by atoms with Crippen molar-refractivity contribution < 1.29 is 4.79 Å². The minimum atomic E-state index is -0.301. The Bertz CT molecular complexity index is 592. The number of hydrogen-bond acceptors (Lipinski definition) is 5. The number of nitrogens with zero attached hydrogens (tertiary/aromatic N) is 6. The highest BCUT2D eigenvalue weighted by molar-refractivity contribution is 5.80. The molecule has 0 saturated carbocycles. The van der Waals surface area contributed by atoms with Crippen molar-refractivity contribution in [1.29, 1.82) is 0 Å². The predicted molar refractivity (Wildman–Crippen MR) is 80.8 cm³/mol. The van der Waals surface area contributed by atoms with Crippen molar-refractivity contribution in [2.75, 3.05) is 26.2 Å². The second kappa shape index (κ2) is 6.65. The quantitative estimate of drug-likeness (QED) is 0.826. The highest BCUT2D eigenvalue weighted by Crippen LogP contribution is 2.12. The molecule has 7 heteroatoms. The van der Waals surface area contributed by atoms with E-state index in [9.17, 15) is 4.79 Å². The molecule has 1 aliphatic heterocycles. The van der Waals surface area contributed by atoms with Crippen LogP contribution in [-0.4, -0.2) is 61.6 Å². The molecule has 1 atom stereocenters. The molecule has 1 aliphatic rings. The van der Waals surface area contributed by atoms with Gasteiger partial charge in [0.25, 0.3) is 0 Å². The molecule has 1 fully saturated rings. The maximum atomic E-state index is 12.5. The van der Waals surface area contributed by atoms with Crippen LogP contribution in [0.15, 0.2) is 37.1 Å². The van der Waals surface area contributed by atoms with E-state index in [4.69, 9.17) is 0 Å². The van der Waals surface area contributed by atoms with Gasteiger partial charge >= 0.3 is 0 Å². The van der Waals surface area contributed by atoms with Gasteiger partial charge in [0.15, 0.2) is 0 Å². The van der Waals surface area contributed by atoms with Gasteiger partial charge in [-0.25, -0.2) is 9.67 Å². The number of piperazine rings is 1. The summed E-state index contributed by atoms with van der Waals surface area (Å²) in [7, 11) is 0. The third-order valence-electron chi connectivity index (χ3n) is 3.99. The molecule has 116 valence electrons. The van der Waals surface area contributed by atoms with E-state index in [1.807, 2.05) is 36.2 Å². The molecule has 1 unspecified atom stereocenters. The lowest BCUT2D eigenvalue weighted by atomic mass is 10.2. The first kappa shape index (κ1) is 14.6. The van der Waals surface area contributed by atoms with E-state index >= 15 is 0 Å². The first-order chi connectivity index (χ1) is 10.7. The maximum absolute atomic E-state index is 12.5. The monoisotopic (exact) mass is 300 g/mol. The molecule has 3 heterocycles. The topological polar surface area (TPSA) is 67.2 Å². The van der Waals surface area contributed by atoms with Crippen LogP contribution in [-0.2, 0) is 11.3 Å². The van der Waals surface area contributed by atoms with Crippen molar-refractivity contribution in [3.05, 3.63) is 42.7 Å². The van der Waals surface area contributed by atoms with Crippen molar-refractivity contribution in [2.24, 2.45) is 0 Å². The van der Waals surface area contributed by atoms with E-state index in [1.54, 1.807) is 11.0 Å². The largest absolute Gasteiger partial charge is 0.338 e. The first-order valence-corrected chi connectivity index (χ1v) is 7.49. The summed E-state index contributed by atoms with van der Waals surface area (Å²) in [5, 5.41) is 4.04. The second-order valence-electron chi connectivity index (χ2n) is 5.47. The van der Waals surface area contributed by atoms with E-state index in [-0.39, 0.29) is 11.9 Å². The van der Waals surface area contributed by atoms with Crippen LogP contribution in [0.5, 0.6) is 0 Å². The van der Waals surface area contributed by atoms with Crippen molar-refractivity contribution in [2.45, 2.75) is 19.5 Å². The van der Waals surface area contributed by atoms with Crippen LogP contribution in [0, 0.1) is 0 Å². The van der Waals surface area contributed by atoms with Gasteiger partial charge in [-0.1, -0.05) is 6.07 Å². The number of carbonyl (C=O) groups is 1. The van der Waals surface area contributed by atoms with Crippen molar-refractivity contribution >= 4 is 5.91 Å². The molecule has 22 heavy (non-hydrogen) atoms. The van der Waals surface area contributed by atoms with Crippen LogP contribution in [0.2, 0.25) is 0 Å². The summed E-state index contributed by atoms with van der Waals surface area (Å²) in [5.74, 6) is 0.1000. The Morgan fingerprint density at radius 1 is 1.27 bits per heavy atom. The normalized spacial score (nSPS) is 17.4. The second-order valence-corrected chi connectivity index (χ2v) is 5.47. The maximum Gasteiger partial charge on any atom is 0.247 e. The third kappa shape index (κ3) is 3.30. The SMILES string of the molecule is CC(C(=O)N1CCN(Cc2ccccn2)CC1)n1cncn1. The Morgan fingerprint density at radius 2 is 2.09 bits per heavy atom. The molecule has 3 rings (SSSR count). The fourth-order valence-electron chi connectivity index (χ4n) is 2.64. The third-order valence-corrected chi connectivity index (χ3v) is 3.99. The van der Waals surface area contributed by atoms with Crippen LogP contribution in [0.4, 0.5) is 0 Å². The fraction of sp³-hybridized carbons (Fsp3) is 0.467. The van der Waals surface area contributed by atoms with Gasteiger partial charge < -0.3 is 4.90 Å². The summed E-state index contributed by atoms with van der Waals surface area (Å²) >= 11 is 0. The van der Waals surface area contributed by atoms with E-state index in [1.165, 1.54) is 6.33 Å². The summed E-state index contributed by atoms with van der Waals surface area (Å²) in [4.78, 5) is 24.9. The average molecular weight is 300 g/mol. The lowest BCUT2D eigenvalue weighted by Gasteiger charge is -2.35. The molecular formula is C15H20N6O. The molecule has 0 radical (unpaired) electrons. The van der Waals surface area contributed by atoms with Crippen LogP contribution in [0.3, 0.4) is 0 Å². The Morgan fingerprint density at radius 3 is 2.73 bits per heavy atom. The molecule has 1 amide bonds. The molecule has 1 saturated heterocycles. The number of hydrogen-bond donors (Lipinski definition) is 0. The van der Waals surface area contributed by atoms with Gasteiger partial charge in [-0.15, -0.1) is 0 Å². The van der Waals surface area contributed by atoms with Crippen molar-refractivity contribution in [1.82, 2.24) is 29.5 Å². The predicted octanol–water partition coefficient (Wildman–Crippen LogP) is 0.578. The Labute approximate surface area is 129 Å². The van der Waals surface area contributed by atoms with Gasteiger partial charge in [0, 0.05) is 38.9 Å². The molecule has 2 aromatic heterocycles. The van der Waals surface area contributed by atoms with Crippen LogP contribution in [0.25, 0.3) is 0 Å². The highest BCUT2D eigenvalue weighted by Gasteiger charge is 2.26. The van der Waals surface area contributed by atoms with Crippen LogP contribution in [0.1, 0.15) is 18.7 Å². The zero-order chi connectivity index (χ0) is 15.4. The molecule has 2 aromatic rings. The molecule has 0 bridgehead atoms. The molecule has 7 nitrogen and oxygen atoms in total. The van der Waals surface area contributed by atoms with Gasteiger partial charge in [0.2, 0.25) is 5.91 Å². The minimum absolute atomic E-state index is 0.1000. The number of aromatic nitrogens is 4. The summed E-state index contributed by atoms with van der Waals surface area (Å²) in [6, 6.07) is 5.66. The summed E-state index contributed by atoms with van der Waals surface area (Å²) in [6.07, 6.45) is 4.85. The Balaban J connectivity index is 1.52. The number of carbonyl (C=O) groups excluding carboxylic acids is 1. The molecule has 0 spiro atoms. The van der Waals surface area contributed by atoms with Crippen LogP contribution >= 0.6 is 0 Å². The lowest BCUT2D eigenvalue weighted by molar-refractivity contribution is -0.136. The Kier molecular flexibility index (Phi) is 4.43. The van der Waals surface area contributed by atoms with E-state index in [2.05, 4.69) is 20.0 Å². The van der Waals surface area contributed by atoms with Crippen molar-refractivity contribution in [3.8, 4) is 0 Å². The van der Waals surface area contributed by atoms with Gasteiger partial charge in [0.05, 0.1) is 5.69 Å². The van der Waals surface area contributed by atoms with Gasteiger partial charge in [0.1, 0.15) is 18.7 Å². The number of pyridine rings is 1. The standard InChI is InChI=1S/C15H20N6O/c1-13(21-12-16-11-18-21)15(22)20-8-6-19(7-9-20)10-14-4-2-3-5-17-14/h2-5,11-13H,6-10H2,1H3. The molecule has 0 N–H and O–H groups in total. The number of rotatable bonds is 4. The van der Waals surface area contributed by atoms with E-state index in [0.29, 0.717) is 0 Å². The molecule has 0 aromatic carbocycles. The van der Waals surface area contributed by atoms with Gasteiger partial charge in [-0.05, 0) is 19.1 Å². The highest BCUT2D eigenvalue weighted by atomic mass is 16.2. The molecule has 0 aliphatic carbocycles. The summed E-state index contributed by atoms with van der Waals surface area (Å²) in [5.41, 5.74) is 1.07. The van der Waals surface area contributed by atoms with Gasteiger partial charge in [-0.2, -0.15) is 5.10 Å². The van der Waals surface area contributed by atoms with Gasteiger partial charge in [-0.3, -0.25) is 14.7 Å². The average Bonchev–Trinajstić information content (AvgIpc) is 3.10. The zero-order valence-electron chi connectivity index (χ0n) is 12.7. The summed E-state index contributed by atoms with van der Waals surface area (Å²) in [6.45, 7) is 5.91. The fourth-order valence-corrected chi connectivity index (χ4v) is 2.64. The van der Waals surface area contributed by atoms with Crippen molar-refractivity contribution in [3.63, 3.8) is 0 Å². The first-order valence-electron chi connectivity index (χ1n) is 7.49. The number of amides is 1. The smallest absolute Gasteiger partial charge is 0.247 e. The Hall–Kier alpha value is -2.28. The summed E-state index contributed by atoms with van der Waals surface area (Å²) < 4.78 is 1.60. The molecular weight excluding hydrogens is 280 g/mol. The lowest BCUT2D eigenvalue weighted by Crippen LogP contribution is -2.50. The van der Waals surface area contributed by atoms with E-state index in [0.717, 1.165) is 38.4 Å².